The van der Waals surface area contributed by atoms with Gasteiger partial charge in [0, 0.05) is 6.42 Å². The summed E-state index contributed by atoms with van der Waals surface area (Å²) in [6, 6.07) is 2.60. The lowest BCUT2D eigenvalue weighted by Gasteiger charge is -2.19. The summed E-state index contributed by atoms with van der Waals surface area (Å²) in [4.78, 5) is 20.5. The van der Waals surface area contributed by atoms with Gasteiger partial charge in [-0.15, -0.1) is 11.8 Å². The topological polar surface area (TPSA) is 80.1 Å². The van der Waals surface area contributed by atoms with Crippen molar-refractivity contribution < 1.29 is 18.0 Å². The molecule has 31 heavy (non-hydrogen) atoms. The summed E-state index contributed by atoms with van der Waals surface area (Å²) in [5, 5.41) is 4.97. The molecule has 0 unspecified atom stereocenters. The molecule has 1 saturated carbocycles. The summed E-state index contributed by atoms with van der Waals surface area (Å²) in [6.07, 6.45) is 10.9. The van der Waals surface area contributed by atoms with E-state index in [1.807, 2.05) is 6.20 Å². The molecule has 0 bridgehead atoms. The molecule has 2 aromatic heterocycles. The van der Waals surface area contributed by atoms with E-state index in [2.05, 4.69) is 20.6 Å². The zero-order valence-corrected chi connectivity index (χ0v) is 18.3. The molecule has 2 amide bonds. The highest BCUT2D eigenvalue weighted by Crippen LogP contribution is 2.32. The van der Waals surface area contributed by atoms with Crippen LogP contribution in [0, 0.1) is 17.6 Å². The molecule has 1 fully saturated rings. The molecule has 4 rings (SSSR count). The van der Waals surface area contributed by atoms with Crippen LogP contribution in [0.4, 0.5) is 24.4 Å². The second-order valence-electron chi connectivity index (χ2n) is 7.38. The average molecular weight is 465 g/mol. The second-order valence-corrected chi connectivity index (χ2v) is 9.68. The van der Waals surface area contributed by atoms with E-state index >= 15 is 0 Å². The minimum Gasteiger partial charge on any atom is -0.445 e. The molecule has 0 radical (unpaired) electrons. The predicted octanol–water partition coefficient (Wildman–Crippen LogP) is 6.47. The Kier molecular flexibility index (Phi) is 7.18. The van der Waals surface area contributed by atoms with Gasteiger partial charge in [-0.2, -0.15) is 0 Å². The van der Waals surface area contributed by atoms with E-state index in [4.69, 9.17) is 4.42 Å². The molecule has 1 aliphatic rings. The number of thioether (sulfide) groups is 1. The third-order valence-electron chi connectivity index (χ3n) is 5.06. The summed E-state index contributed by atoms with van der Waals surface area (Å²) < 4.78 is 34.0. The van der Waals surface area contributed by atoms with Gasteiger partial charge in [0.2, 0.25) is 5.89 Å². The molecule has 2 heterocycles. The van der Waals surface area contributed by atoms with Crippen LogP contribution in [0.5, 0.6) is 0 Å². The van der Waals surface area contributed by atoms with Crippen molar-refractivity contribution in [3.05, 3.63) is 53.9 Å². The van der Waals surface area contributed by atoms with Gasteiger partial charge in [0.15, 0.2) is 5.13 Å². The third kappa shape index (κ3) is 6.04. The lowest BCUT2D eigenvalue weighted by atomic mass is 9.86. The summed E-state index contributed by atoms with van der Waals surface area (Å²) in [6.45, 7) is 0. The Balaban J connectivity index is 1.26. The molecule has 2 N–H and O–H groups in total. The molecule has 0 aliphatic heterocycles. The fourth-order valence-electron chi connectivity index (χ4n) is 3.56. The van der Waals surface area contributed by atoms with Gasteiger partial charge in [-0.05, 0) is 18.1 Å². The van der Waals surface area contributed by atoms with Crippen LogP contribution in [-0.2, 0) is 12.2 Å². The molecule has 1 aliphatic carbocycles. The van der Waals surface area contributed by atoms with E-state index in [0.29, 0.717) is 22.7 Å². The Morgan fingerprint density at radius 2 is 1.90 bits per heavy atom. The van der Waals surface area contributed by atoms with Gasteiger partial charge >= 0.3 is 6.03 Å². The van der Waals surface area contributed by atoms with E-state index in [1.165, 1.54) is 61.3 Å². The summed E-state index contributed by atoms with van der Waals surface area (Å²) in [7, 11) is 0. The van der Waals surface area contributed by atoms with Gasteiger partial charge < -0.3 is 9.73 Å². The molecule has 0 saturated heterocycles. The minimum absolute atomic E-state index is 0.321. The van der Waals surface area contributed by atoms with Crippen molar-refractivity contribution in [2.75, 3.05) is 10.6 Å². The highest BCUT2D eigenvalue weighted by Gasteiger charge is 2.17. The lowest BCUT2D eigenvalue weighted by molar-refractivity contribution is 0.262. The van der Waals surface area contributed by atoms with E-state index in [9.17, 15) is 13.6 Å². The van der Waals surface area contributed by atoms with Crippen LogP contribution < -0.4 is 10.6 Å². The molecule has 1 aromatic carbocycles. The number of halogens is 2. The van der Waals surface area contributed by atoms with Crippen molar-refractivity contribution in [1.82, 2.24) is 9.97 Å². The number of urea groups is 1. The number of hydrogen-bond donors (Lipinski definition) is 2. The van der Waals surface area contributed by atoms with Crippen molar-refractivity contribution in [2.45, 2.75) is 48.5 Å². The molecule has 164 valence electrons. The monoisotopic (exact) mass is 464 g/mol. The zero-order valence-electron chi connectivity index (χ0n) is 16.7. The van der Waals surface area contributed by atoms with E-state index in [0.717, 1.165) is 28.5 Å². The lowest BCUT2D eigenvalue weighted by Crippen LogP contribution is -2.20. The number of amides is 2. The highest BCUT2D eigenvalue weighted by atomic mass is 32.2. The summed E-state index contributed by atoms with van der Waals surface area (Å²) in [5.74, 6) is 1.15. The Hall–Kier alpha value is -2.46. The Labute approximate surface area is 186 Å². The van der Waals surface area contributed by atoms with Crippen molar-refractivity contribution in [2.24, 2.45) is 5.92 Å². The second kappa shape index (κ2) is 10.2. The SMILES string of the molecule is O=C(Nc1ncc(SCc2ncc(CC3CCCCC3)o2)s1)Nc1c(F)cccc1F. The van der Waals surface area contributed by atoms with E-state index in [-0.39, 0.29) is 0 Å². The van der Waals surface area contributed by atoms with Crippen molar-refractivity contribution >= 4 is 39.9 Å². The van der Waals surface area contributed by atoms with Crippen LogP contribution in [0.15, 0.2) is 39.2 Å². The van der Waals surface area contributed by atoms with E-state index in [1.54, 1.807) is 6.20 Å². The summed E-state index contributed by atoms with van der Waals surface area (Å²) >= 11 is 2.76. The maximum Gasteiger partial charge on any atom is 0.325 e. The van der Waals surface area contributed by atoms with Crippen molar-refractivity contribution in [3.8, 4) is 0 Å². The summed E-state index contributed by atoms with van der Waals surface area (Å²) in [5.41, 5.74) is -0.501. The van der Waals surface area contributed by atoms with Gasteiger partial charge in [-0.3, -0.25) is 5.32 Å². The minimum atomic E-state index is -0.848. The van der Waals surface area contributed by atoms with Crippen LogP contribution in [-0.4, -0.2) is 16.0 Å². The standard InChI is InChI=1S/C21H22F2N4O2S2/c22-15-7-4-8-16(23)19(15)26-20(28)27-21-25-11-18(31-21)30-12-17-24-10-14(29-17)9-13-5-2-1-3-6-13/h4,7-8,10-11,13H,1-3,5-6,9,12H2,(H2,25,26,27,28). The molecule has 6 nitrogen and oxygen atoms in total. The average Bonchev–Trinajstić information content (AvgIpc) is 3.39. The van der Waals surface area contributed by atoms with Crippen LogP contribution in [0.3, 0.4) is 0 Å². The van der Waals surface area contributed by atoms with Gasteiger partial charge in [-0.1, -0.05) is 49.5 Å². The Morgan fingerprint density at radius 1 is 1.13 bits per heavy atom. The van der Waals surface area contributed by atoms with Crippen LogP contribution in [0.2, 0.25) is 0 Å². The fraction of sp³-hybridized carbons (Fsp3) is 0.381. The molecular formula is C21H22F2N4O2S2. The van der Waals surface area contributed by atoms with Crippen LogP contribution >= 0.6 is 23.1 Å². The fourth-order valence-corrected chi connectivity index (χ4v) is 5.28. The van der Waals surface area contributed by atoms with Crippen LogP contribution in [0.25, 0.3) is 0 Å². The number of aromatic nitrogens is 2. The van der Waals surface area contributed by atoms with Gasteiger partial charge in [-0.25, -0.2) is 23.5 Å². The number of nitrogens with one attached hydrogen (secondary N) is 2. The first-order chi connectivity index (χ1) is 15.1. The first kappa shape index (κ1) is 21.8. The molecule has 10 heteroatoms. The number of thiazole rings is 1. The number of benzene rings is 1. The predicted molar refractivity (Wildman–Crippen MR) is 117 cm³/mol. The number of carbonyl (C=O) groups excluding carboxylic acids is 1. The molecule has 0 spiro atoms. The van der Waals surface area contributed by atoms with Crippen molar-refractivity contribution in [1.29, 1.82) is 0 Å². The zero-order chi connectivity index (χ0) is 21.6. The number of oxazole rings is 1. The van der Waals surface area contributed by atoms with Gasteiger partial charge in [0.1, 0.15) is 23.1 Å². The molecular weight excluding hydrogens is 442 g/mol. The third-order valence-corrected chi connectivity index (χ3v) is 7.15. The van der Waals surface area contributed by atoms with Gasteiger partial charge in [0.05, 0.1) is 22.4 Å². The molecule has 3 aromatic rings. The Bertz CT molecular complexity index is 1010. The first-order valence-corrected chi connectivity index (χ1v) is 11.9. The number of para-hydroxylation sites is 1. The van der Waals surface area contributed by atoms with Crippen LogP contribution in [0.1, 0.15) is 43.8 Å². The Morgan fingerprint density at radius 3 is 2.68 bits per heavy atom. The van der Waals surface area contributed by atoms with E-state index < -0.39 is 23.4 Å². The number of anilines is 2. The smallest absolute Gasteiger partial charge is 0.325 e. The largest absolute Gasteiger partial charge is 0.445 e. The number of rotatable bonds is 7. The maximum absolute atomic E-state index is 13.6. The first-order valence-electron chi connectivity index (χ1n) is 10.1. The highest BCUT2D eigenvalue weighted by molar-refractivity contribution is 8.00. The molecule has 0 atom stereocenters. The normalized spacial score (nSPS) is 14.5. The van der Waals surface area contributed by atoms with Gasteiger partial charge in [0.25, 0.3) is 0 Å². The quantitative estimate of drug-likeness (QED) is 0.392. The number of hydrogen-bond acceptors (Lipinski definition) is 6. The number of nitrogens with zero attached hydrogens (tertiary/aromatic N) is 2. The maximum atomic E-state index is 13.6. The number of carbonyl (C=O) groups is 1. The van der Waals surface area contributed by atoms with Crippen molar-refractivity contribution in [3.63, 3.8) is 0 Å².